The van der Waals surface area contributed by atoms with Crippen LogP contribution in [0, 0.1) is 5.92 Å². The molecule has 1 aromatic carbocycles. The molecule has 3 rings (SSSR count). The van der Waals surface area contributed by atoms with E-state index in [-0.39, 0.29) is 11.9 Å². The number of carbonyl (C=O) groups is 2. The van der Waals surface area contributed by atoms with Crippen LogP contribution in [0.2, 0.25) is 0 Å². The highest BCUT2D eigenvalue weighted by Crippen LogP contribution is 2.43. The first-order valence-corrected chi connectivity index (χ1v) is 10.5. The summed E-state index contributed by atoms with van der Waals surface area (Å²) >= 11 is 0. The molecule has 148 valence electrons. The first-order valence-electron chi connectivity index (χ1n) is 10.5. The first kappa shape index (κ1) is 20.1. The second kappa shape index (κ2) is 9.01. The molecule has 0 radical (unpaired) electrons. The quantitative estimate of drug-likeness (QED) is 0.507. The van der Waals surface area contributed by atoms with Crippen molar-refractivity contribution < 1.29 is 19.4 Å². The Morgan fingerprint density at radius 3 is 2.48 bits per heavy atom. The summed E-state index contributed by atoms with van der Waals surface area (Å²) in [5.41, 5.74) is 1.64. The zero-order valence-electron chi connectivity index (χ0n) is 16.4. The molecule has 2 atom stereocenters. The molecule has 27 heavy (non-hydrogen) atoms. The predicted molar refractivity (Wildman–Crippen MR) is 104 cm³/mol. The highest BCUT2D eigenvalue weighted by molar-refractivity contribution is 5.84. The summed E-state index contributed by atoms with van der Waals surface area (Å²) < 4.78 is 4.66. The maximum absolute atomic E-state index is 12.4. The highest BCUT2D eigenvalue weighted by Gasteiger charge is 2.37. The van der Waals surface area contributed by atoms with Crippen LogP contribution in [-0.2, 0) is 19.9 Å². The molecule has 0 bridgehead atoms. The van der Waals surface area contributed by atoms with E-state index >= 15 is 0 Å². The molecule has 1 N–H and O–H groups in total. The van der Waals surface area contributed by atoms with Crippen molar-refractivity contribution in [1.29, 1.82) is 0 Å². The van der Waals surface area contributed by atoms with E-state index in [4.69, 9.17) is 0 Å². The fourth-order valence-corrected chi connectivity index (χ4v) is 4.60. The zero-order chi connectivity index (χ0) is 19.3. The van der Waals surface area contributed by atoms with Gasteiger partial charge in [0.2, 0.25) is 0 Å². The summed E-state index contributed by atoms with van der Waals surface area (Å²) in [6.45, 7) is 0. The minimum absolute atomic E-state index is 0.128. The molecular weight excluding hydrogens is 340 g/mol. The SMILES string of the molecule is COC(=O)CCCCCC[C@H]1C(=O)CC[C@@H]1c1ccc(C2(O)CCC2)cc1. The van der Waals surface area contributed by atoms with Crippen molar-refractivity contribution in [2.75, 3.05) is 7.11 Å². The Balaban J connectivity index is 1.49. The molecule has 0 spiro atoms. The van der Waals surface area contributed by atoms with Gasteiger partial charge < -0.3 is 9.84 Å². The van der Waals surface area contributed by atoms with Crippen molar-refractivity contribution >= 4 is 11.8 Å². The number of carbonyl (C=O) groups excluding carboxylic acids is 2. The number of ether oxygens (including phenoxy) is 1. The van der Waals surface area contributed by atoms with Crippen molar-refractivity contribution in [1.82, 2.24) is 0 Å². The summed E-state index contributed by atoms with van der Waals surface area (Å²) in [7, 11) is 1.42. The molecule has 2 aliphatic rings. The number of methoxy groups -OCH3 is 1. The van der Waals surface area contributed by atoms with E-state index in [9.17, 15) is 14.7 Å². The van der Waals surface area contributed by atoms with Crippen molar-refractivity contribution in [2.45, 2.75) is 82.1 Å². The molecule has 0 unspecified atom stereocenters. The normalized spacial score (nSPS) is 23.9. The molecule has 0 amide bonds. The summed E-state index contributed by atoms with van der Waals surface area (Å²) in [5.74, 6) is 0.702. The molecular formula is C23H32O4. The van der Waals surface area contributed by atoms with Gasteiger partial charge in [-0.2, -0.15) is 0 Å². The Kier molecular flexibility index (Phi) is 6.69. The van der Waals surface area contributed by atoms with E-state index in [0.717, 1.165) is 63.4 Å². The van der Waals surface area contributed by atoms with Crippen LogP contribution >= 0.6 is 0 Å². The van der Waals surface area contributed by atoms with E-state index in [0.29, 0.717) is 24.5 Å². The number of ketones is 1. The van der Waals surface area contributed by atoms with Crippen LogP contribution in [0.25, 0.3) is 0 Å². The van der Waals surface area contributed by atoms with Gasteiger partial charge in [-0.25, -0.2) is 0 Å². The lowest BCUT2D eigenvalue weighted by atomic mass is 9.74. The average Bonchev–Trinajstić information content (AvgIpc) is 3.03. The largest absolute Gasteiger partial charge is 0.469 e. The van der Waals surface area contributed by atoms with Gasteiger partial charge in [-0.1, -0.05) is 43.5 Å². The summed E-state index contributed by atoms with van der Waals surface area (Å²) in [5, 5.41) is 10.5. The van der Waals surface area contributed by atoms with E-state index in [1.807, 2.05) is 0 Å². The first-order chi connectivity index (χ1) is 13.0. The average molecular weight is 373 g/mol. The van der Waals surface area contributed by atoms with Gasteiger partial charge >= 0.3 is 5.97 Å². The molecule has 0 aromatic heterocycles. The van der Waals surface area contributed by atoms with Crippen LogP contribution in [-0.4, -0.2) is 24.0 Å². The number of hydrogen-bond acceptors (Lipinski definition) is 4. The number of benzene rings is 1. The Bertz CT molecular complexity index is 645. The van der Waals surface area contributed by atoms with Gasteiger partial charge in [-0.05, 0) is 55.6 Å². The fraction of sp³-hybridized carbons (Fsp3) is 0.652. The minimum Gasteiger partial charge on any atom is -0.469 e. The molecule has 1 aromatic rings. The van der Waals surface area contributed by atoms with Crippen LogP contribution in [0.5, 0.6) is 0 Å². The molecule has 2 aliphatic carbocycles. The van der Waals surface area contributed by atoms with Crippen LogP contribution in [0.15, 0.2) is 24.3 Å². The van der Waals surface area contributed by atoms with E-state index < -0.39 is 5.60 Å². The van der Waals surface area contributed by atoms with Gasteiger partial charge in [0.25, 0.3) is 0 Å². The molecule has 4 nitrogen and oxygen atoms in total. The second-order valence-corrected chi connectivity index (χ2v) is 8.25. The van der Waals surface area contributed by atoms with Gasteiger partial charge in [0.15, 0.2) is 0 Å². The summed E-state index contributed by atoms with van der Waals surface area (Å²) in [6.07, 6.45) is 9.81. The Morgan fingerprint density at radius 2 is 1.85 bits per heavy atom. The number of unbranched alkanes of at least 4 members (excludes halogenated alkanes) is 3. The third-order valence-electron chi connectivity index (χ3n) is 6.53. The fourth-order valence-electron chi connectivity index (χ4n) is 4.60. The third kappa shape index (κ3) is 4.78. The highest BCUT2D eigenvalue weighted by atomic mass is 16.5. The van der Waals surface area contributed by atoms with Gasteiger partial charge in [0.1, 0.15) is 5.78 Å². The Morgan fingerprint density at radius 1 is 1.15 bits per heavy atom. The Labute approximate surface area is 162 Å². The van der Waals surface area contributed by atoms with Crippen molar-refractivity contribution in [3.63, 3.8) is 0 Å². The molecule has 2 fully saturated rings. The number of aliphatic hydroxyl groups is 1. The number of hydrogen-bond donors (Lipinski definition) is 1. The molecule has 4 heteroatoms. The van der Waals surface area contributed by atoms with Crippen molar-refractivity contribution in [2.24, 2.45) is 5.92 Å². The number of rotatable bonds is 9. The second-order valence-electron chi connectivity index (χ2n) is 8.25. The van der Waals surface area contributed by atoms with Gasteiger partial charge in [0, 0.05) is 18.8 Å². The monoisotopic (exact) mass is 372 g/mol. The molecule has 0 aliphatic heterocycles. The maximum atomic E-state index is 12.4. The van der Waals surface area contributed by atoms with Gasteiger partial charge in [-0.3, -0.25) is 9.59 Å². The zero-order valence-corrected chi connectivity index (χ0v) is 16.4. The van der Waals surface area contributed by atoms with Crippen LogP contribution in [0.3, 0.4) is 0 Å². The van der Waals surface area contributed by atoms with Crippen LogP contribution in [0.4, 0.5) is 0 Å². The predicted octanol–water partition coefficient (Wildman–Crippen LogP) is 4.63. The Hall–Kier alpha value is -1.68. The van der Waals surface area contributed by atoms with E-state index in [1.54, 1.807) is 0 Å². The van der Waals surface area contributed by atoms with Crippen molar-refractivity contribution in [3.8, 4) is 0 Å². The lowest BCUT2D eigenvalue weighted by Crippen LogP contribution is -2.33. The number of esters is 1. The summed E-state index contributed by atoms with van der Waals surface area (Å²) in [4.78, 5) is 23.5. The summed E-state index contributed by atoms with van der Waals surface area (Å²) in [6, 6.07) is 8.36. The van der Waals surface area contributed by atoms with E-state index in [1.165, 1.54) is 12.7 Å². The molecule has 0 heterocycles. The molecule has 2 saturated carbocycles. The van der Waals surface area contributed by atoms with Gasteiger partial charge in [-0.15, -0.1) is 0 Å². The van der Waals surface area contributed by atoms with Crippen molar-refractivity contribution in [3.05, 3.63) is 35.4 Å². The standard InChI is InChI=1S/C23H32O4/c1-27-22(25)8-5-3-2-4-7-20-19(13-14-21(20)24)17-9-11-18(12-10-17)23(26)15-6-16-23/h9-12,19-20,26H,2-8,13-16H2,1H3/t19-,20-/m1/s1. The smallest absolute Gasteiger partial charge is 0.305 e. The molecule has 0 saturated heterocycles. The minimum atomic E-state index is -0.617. The topological polar surface area (TPSA) is 63.6 Å². The van der Waals surface area contributed by atoms with Crippen LogP contribution in [0.1, 0.15) is 87.7 Å². The lowest BCUT2D eigenvalue weighted by Gasteiger charge is -2.37. The lowest BCUT2D eigenvalue weighted by molar-refractivity contribution is -0.140. The van der Waals surface area contributed by atoms with Gasteiger partial charge in [0.05, 0.1) is 12.7 Å². The maximum Gasteiger partial charge on any atom is 0.305 e. The number of Topliss-reactive ketones (excluding diaryl/α,β-unsaturated/α-hetero) is 1. The van der Waals surface area contributed by atoms with Crippen LogP contribution < -0.4 is 0 Å². The third-order valence-corrected chi connectivity index (χ3v) is 6.53. The van der Waals surface area contributed by atoms with E-state index in [2.05, 4.69) is 29.0 Å².